The Morgan fingerprint density at radius 2 is 1.68 bits per heavy atom. The number of benzene rings is 2. The minimum absolute atomic E-state index is 0.311. The molecule has 0 fully saturated rings. The lowest BCUT2D eigenvalue weighted by molar-refractivity contribution is 0.216. The van der Waals surface area contributed by atoms with Gasteiger partial charge in [0.25, 0.3) is 0 Å². The van der Waals surface area contributed by atoms with Crippen molar-refractivity contribution in [2.45, 2.75) is 6.92 Å². The second kappa shape index (κ2) is 6.09. The van der Waals surface area contributed by atoms with Gasteiger partial charge in [-0.2, -0.15) is 0 Å². The molecule has 2 aromatic rings. The maximum absolute atomic E-state index is 13.0. The van der Waals surface area contributed by atoms with Crippen molar-refractivity contribution in [3.8, 4) is 11.5 Å². The van der Waals surface area contributed by atoms with E-state index in [9.17, 15) is 4.39 Å². The number of aryl methyl sites for hydroxylation is 1. The molecule has 0 atom stereocenters. The molecule has 0 saturated heterocycles. The summed E-state index contributed by atoms with van der Waals surface area (Å²) < 4.78 is 24.0. The summed E-state index contributed by atoms with van der Waals surface area (Å²) in [5.41, 5.74) is 7.22. The van der Waals surface area contributed by atoms with Crippen LogP contribution in [-0.2, 0) is 0 Å². The maximum atomic E-state index is 13.0. The molecule has 3 nitrogen and oxygen atoms in total. The largest absolute Gasteiger partial charge is 0.490 e. The number of nitrogens with two attached hydrogens (primary N) is 1. The van der Waals surface area contributed by atoms with E-state index < -0.39 is 0 Å². The molecule has 4 heteroatoms. The highest BCUT2D eigenvalue weighted by atomic mass is 19.1. The Labute approximate surface area is 111 Å². The number of anilines is 1. The van der Waals surface area contributed by atoms with Crippen LogP contribution < -0.4 is 15.2 Å². The molecule has 100 valence electrons. The number of rotatable bonds is 5. The van der Waals surface area contributed by atoms with Crippen LogP contribution >= 0.6 is 0 Å². The molecule has 0 unspecified atom stereocenters. The summed E-state index contributed by atoms with van der Waals surface area (Å²) in [4.78, 5) is 0. The fourth-order valence-corrected chi connectivity index (χ4v) is 1.64. The van der Waals surface area contributed by atoms with Crippen molar-refractivity contribution in [1.29, 1.82) is 0 Å². The SMILES string of the molecule is Cc1ccc(F)cc1OCCOc1ccccc1N. The summed E-state index contributed by atoms with van der Waals surface area (Å²) in [5, 5.41) is 0. The van der Waals surface area contributed by atoms with Crippen LogP contribution in [0.5, 0.6) is 11.5 Å². The highest BCUT2D eigenvalue weighted by Crippen LogP contribution is 2.20. The van der Waals surface area contributed by atoms with Gasteiger partial charge in [0.2, 0.25) is 0 Å². The Bertz CT molecular complexity index is 558. The van der Waals surface area contributed by atoms with E-state index in [0.29, 0.717) is 30.4 Å². The highest BCUT2D eigenvalue weighted by molar-refractivity contribution is 5.51. The van der Waals surface area contributed by atoms with Gasteiger partial charge >= 0.3 is 0 Å². The van der Waals surface area contributed by atoms with Crippen molar-refractivity contribution in [2.75, 3.05) is 18.9 Å². The van der Waals surface area contributed by atoms with E-state index in [-0.39, 0.29) is 5.82 Å². The summed E-state index contributed by atoms with van der Waals surface area (Å²) >= 11 is 0. The first-order chi connectivity index (χ1) is 9.16. The molecule has 19 heavy (non-hydrogen) atoms. The second-order valence-electron chi connectivity index (χ2n) is 4.14. The second-order valence-corrected chi connectivity index (χ2v) is 4.14. The Kier molecular flexibility index (Phi) is 4.23. The molecule has 0 aliphatic heterocycles. The first-order valence-corrected chi connectivity index (χ1v) is 6.03. The highest BCUT2D eigenvalue weighted by Gasteiger charge is 2.02. The maximum Gasteiger partial charge on any atom is 0.142 e. The third-order valence-corrected chi connectivity index (χ3v) is 2.67. The van der Waals surface area contributed by atoms with Gasteiger partial charge in [-0.25, -0.2) is 4.39 Å². The van der Waals surface area contributed by atoms with Crippen molar-refractivity contribution in [3.63, 3.8) is 0 Å². The van der Waals surface area contributed by atoms with Crippen LogP contribution in [-0.4, -0.2) is 13.2 Å². The molecule has 0 aliphatic rings. The molecule has 0 radical (unpaired) electrons. The summed E-state index contributed by atoms with van der Waals surface area (Å²) in [7, 11) is 0. The predicted octanol–water partition coefficient (Wildman–Crippen LogP) is 3.17. The van der Waals surface area contributed by atoms with Gasteiger partial charge in [-0.05, 0) is 30.7 Å². The quantitative estimate of drug-likeness (QED) is 0.664. The summed E-state index contributed by atoms with van der Waals surface area (Å²) in [6.45, 7) is 2.55. The van der Waals surface area contributed by atoms with E-state index in [1.807, 2.05) is 19.1 Å². The molecular formula is C15H16FNO2. The third-order valence-electron chi connectivity index (χ3n) is 2.67. The summed E-state index contributed by atoms with van der Waals surface area (Å²) in [5.74, 6) is 0.848. The molecule has 0 amide bonds. The monoisotopic (exact) mass is 261 g/mol. The van der Waals surface area contributed by atoms with Crippen molar-refractivity contribution in [1.82, 2.24) is 0 Å². The van der Waals surface area contributed by atoms with Crippen molar-refractivity contribution in [3.05, 3.63) is 53.8 Å². The number of para-hydroxylation sites is 2. The fraction of sp³-hybridized carbons (Fsp3) is 0.200. The van der Waals surface area contributed by atoms with Gasteiger partial charge in [-0.15, -0.1) is 0 Å². The summed E-state index contributed by atoms with van der Waals surface area (Å²) in [6, 6.07) is 11.7. The lowest BCUT2D eigenvalue weighted by Gasteiger charge is -2.11. The topological polar surface area (TPSA) is 44.5 Å². The Hall–Kier alpha value is -2.23. The van der Waals surface area contributed by atoms with Crippen LogP contribution in [0.4, 0.5) is 10.1 Å². The smallest absolute Gasteiger partial charge is 0.142 e. The molecule has 2 aromatic carbocycles. The van der Waals surface area contributed by atoms with Crippen LogP contribution in [0.1, 0.15) is 5.56 Å². The lowest BCUT2D eigenvalue weighted by Crippen LogP contribution is -2.10. The number of hydrogen-bond acceptors (Lipinski definition) is 3. The van der Waals surface area contributed by atoms with Crippen LogP contribution in [0.3, 0.4) is 0 Å². The normalized spacial score (nSPS) is 10.2. The first kappa shape index (κ1) is 13.2. The molecule has 0 heterocycles. The van der Waals surface area contributed by atoms with E-state index in [0.717, 1.165) is 5.56 Å². The van der Waals surface area contributed by atoms with Gasteiger partial charge in [0.1, 0.15) is 30.5 Å². The first-order valence-electron chi connectivity index (χ1n) is 6.03. The molecule has 0 saturated carbocycles. The van der Waals surface area contributed by atoms with Gasteiger partial charge < -0.3 is 15.2 Å². The van der Waals surface area contributed by atoms with Gasteiger partial charge in [0.05, 0.1) is 5.69 Å². The third kappa shape index (κ3) is 3.61. The minimum atomic E-state index is -0.311. The van der Waals surface area contributed by atoms with Crippen molar-refractivity contribution < 1.29 is 13.9 Å². The van der Waals surface area contributed by atoms with E-state index in [1.54, 1.807) is 18.2 Å². The Morgan fingerprint density at radius 1 is 1.00 bits per heavy atom. The van der Waals surface area contributed by atoms with Gasteiger partial charge in [-0.3, -0.25) is 0 Å². The zero-order chi connectivity index (χ0) is 13.7. The Balaban J connectivity index is 1.84. The van der Waals surface area contributed by atoms with E-state index in [2.05, 4.69) is 0 Å². The van der Waals surface area contributed by atoms with Crippen LogP contribution in [0.25, 0.3) is 0 Å². The molecule has 2 rings (SSSR count). The summed E-state index contributed by atoms with van der Waals surface area (Å²) in [6.07, 6.45) is 0. The molecule has 0 aromatic heterocycles. The minimum Gasteiger partial charge on any atom is -0.490 e. The average molecular weight is 261 g/mol. The standard InChI is InChI=1S/C15H16FNO2/c1-11-6-7-12(16)10-15(11)19-9-8-18-14-5-3-2-4-13(14)17/h2-7,10H,8-9,17H2,1H3. The van der Waals surface area contributed by atoms with Crippen molar-refractivity contribution >= 4 is 5.69 Å². The van der Waals surface area contributed by atoms with E-state index >= 15 is 0 Å². The van der Waals surface area contributed by atoms with E-state index in [4.69, 9.17) is 15.2 Å². The number of ether oxygens (including phenoxy) is 2. The number of nitrogen functional groups attached to an aromatic ring is 1. The van der Waals surface area contributed by atoms with Crippen LogP contribution in [0.15, 0.2) is 42.5 Å². The predicted molar refractivity (Wildman–Crippen MR) is 73.0 cm³/mol. The van der Waals surface area contributed by atoms with Crippen LogP contribution in [0.2, 0.25) is 0 Å². The Morgan fingerprint density at radius 3 is 2.42 bits per heavy atom. The van der Waals surface area contributed by atoms with Gasteiger partial charge in [-0.1, -0.05) is 18.2 Å². The average Bonchev–Trinajstić information content (AvgIpc) is 2.40. The zero-order valence-corrected chi connectivity index (χ0v) is 10.7. The molecular weight excluding hydrogens is 245 g/mol. The lowest BCUT2D eigenvalue weighted by atomic mass is 10.2. The van der Waals surface area contributed by atoms with Gasteiger partial charge in [0.15, 0.2) is 0 Å². The molecule has 0 bridgehead atoms. The van der Waals surface area contributed by atoms with Gasteiger partial charge in [0, 0.05) is 6.07 Å². The molecule has 2 N–H and O–H groups in total. The van der Waals surface area contributed by atoms with E-state index in [1.165, 1.54) is 12.1 Å². The van der Waals surface area contributed by atoms with Crippen LogP contribution in [0, 0.1) is 12.7 Å². The molecule has 0 aliphatic carbocycles. The molecule has 0 spiro atoms. The zero-order valence-electron chi connectivity index (χ0n) is 10.7. The van der Waals surface area contributed by atoms with Crippen molar-refractivity contribution in [2.24, 2.45) is 0 Å². The fourth-order valence-electron chi connectivity index (χ4n) is 1.64. The number of hydrogen-bond donors (Lipinski definition) is 1. The number of halogens is 1.